The highest BCUT2D eigenvalue weighted by Gasteiger charge is 2.26. The number of hydrogen-bond acceptors (Lipinski definition) is 3. The van der Waals surface area contributed by atoms with Crippen molar-refractivity contribution in [3.63, 3.8) is 0 Å². The van der Waals surface area contributed by atoms with Crippen molar-refractivity contribution >= 4 is 28.9 Å². The van der Waals surface area contributed by atoms with Crippen LogP contribution in [0, 0.1) is 5.41 Å². The van der Waals surface area contributed by atoms with E-state index in [1.807, 2.05) is 0 Å². The molecule has 1 saturated heterocycles. The van der Waals surface area contributed by atoms with Crippen molar-refractivity contribution in [3.05, 3.63) is 23.2 Å². The van der Waals surface area contributed by atoms with Gasteiger partial charge in [0.25, 0.3) is 0 Å². The molecular formula is C16H24ClN3O. The maximum atomic E-state index is 12.0. The molecule has 21 heavy (non-hydrogen) atoms. The Balaban J connectivity index is 1.82. The number of nitrogens with zero attached hydrogens (tertiary/aromatic N) is 1. The molecule has 1 aliphatic rings. The zero-order chi connectivity index (χ0) is 15.5. The summed E-state index contributed by atoms with van der Waals surface area (Å²) in [6, 6.07) is 5.11. The van der Waals surface area contributed by atoms with Crippen molar-refractivity contribution in [2.45, 2.75) is 33.1 Å². The van der Waals surface area contributed by atoms with Crippen molar-refractivity contribution in [2.24, 2.45) is 5.41 Å². The fourth-order valence-electron chi connectivity index (χ4n) is 2.84. The van der Waals surface area contributed by atoms with Gasteiger partial charge in [0.1, 0.15) is 0 Å². The molecule has 1 aromatic rings. The lowest BCUT2D eigenvalue weighted by molar-refractivity contribution is -0.116. The third-order valence-electron chi connectivity index (χ3n) is 3.90. The van der Waals surface area contributed by atoms with Gasteiger partial charge in [0.05, 0.1) is 10.7 Å². The van der Waals surface area contributed by atoms with E-state index in [-0.39, 0.29) is 5.91 Å². The zero-order valence-electron chi connectivity index (χ0n) is 12.8. The molecule has 0 radical (unpaired) electrons. The Morgan fingerprint density at radius 2 is 2.24 bits per heavy atom. The monoisotopic (exact) mass is 309 g/mol. The van der Waals surface area contributed by atoms with Crippen molar-refractivity contribution < 1.29 is 4.79 Å². The van der Waals surface area contributed by atoms with Crippen LogP contribution in [0.25, 0.3) is 0 Å². The summed E-state index contributed by atoms with van der Waals surface area (Å²) in [6.45, 7) is 7.50. The van der Waals surface area contributed by atoms with Gasteiger partial charge in [-0.3, -0.25) is 4.79 Å². The summed E-state index contributed by atoms with van der Waals surface area (Å²) in [4.78, 5) is 14.4. The Morgan fingerprint density at radius 1 is 1.48 bits per heavy atom. The van der Waals surface area contributed by atoms with Crippen LogP contribution in [0.4, 0.5) is 11.4 Å². The molecule has 1 aromatic carbocycles. The van der Waals surface area contributed by atoms with Crippen LogP contribution in [0.3, 0.4) is 0 Å². The maximum Gasteiger partial charge on any atom is 0.225 e. The van der Waals surface area contributed by atoms with E-state index in [2.05, 4.69) is 24.1 Å². The van der Waals surface area contributed by atoms with E-state index in [1.54, 1.807) is 18.2 Å². The Kier molecular flexibility index (Phi) is 5.12. The number of likely N-dealkylation sites (tertiary alicyclic amines) is 1. The minimum atomic E-state index is -0.00921. The van der Waals surface area contributed by atoms with Gasteiger partial charge in [-0.25, -0.2) is 0 Å². The number of amides is 1. The molecule has 5 heteroatoms. The van der Waals surface area contributed by atoms with Crippen molar-refractivity contribution in [1.29, 1.82) is 0 Å². The number of anilines is 2. The van der Waals surface area contributed by atoms with E-state index < -0.39 is 0 Å². The topological polar surface area (TPSA) is 58.4 Å². The molecule has 1 amide bonds. The van der Waals surface area contributed by atoms with Crippen LogP contribution in [-0.2, 0) is 4.79 Å². The maximum absolute atomic E-state index is 12.0. The molecule has 0 saturated carbocycles. The van der Waals surface area contributed by atoms with Gasteiger partial charge in [0.15, 0.2) is 0 Å². The van der Waals surface area contributed by atoms with Crippen molar-refractivity contribution in [3.8, 4) is 0 Å². The highest BCUT2D eigenvalue weighted by molar-refractivity contribution is 6.34. The number of nitrogens with two attached hydrogens (primary N) is 1. The lowest BCUT2D eigenvalue weighted by atomic mass is 9.84. The first-order chi connectivity index (χ1) is 9.85. The van der Waals surface area contributed by atoms with E-state index in [1.165, 1.54) is 12.8 Å². The summed E-state index contributed by atoms with van der Waals surface area (Å²) in [5, 5.41) is 3.32. The predicted molar refractivity (Wildman–Crippen MR) is 88.6 cm³/mol. The Hall–Kier alpha value is -1.26. The summed E-state index contributed by atoms with van der Waals surface area (Å²) < 4.78 is 0. The van der Waals surface area contributed by atoms with Gasteiger partial charge in [-0.15, -0.1) is 0 Å². The molecule has 1 heterocycles. The van der Waals surface area contributed by atoms with Gasteiger partial charge in [-0.05, 0) is 43.0 Å². The SMILES string of the molecule is CC1(C)CCCN(CCC(=O)Nc2ccc(N)cc2Cl)C1. The van der Waals surface area contributed by atoms with Gasteiger partial charge < -0.3 is 16.0 Å². The Labute approximate surface area is 131 Å². The van der Waals surface area contributed by atoms with Crippen molar-refractivity contribution in [2.75, 3.05) is 30.7 Å². The van der Waals surface area contributed by atoms with Crippen molar-refractivity contribution in [1.82, 2.24) is 4.90 Å². The van der Waals surface area contributed by atoms with Gasteiger partial charge in [-0.2, -0.15) is 0 Å². The largest absolute Gasteiger partial charge is 0.399 e. The number of hydrogen-bond donors (Lipinski definition) is 2. The molecule has 0 atom stereocenters. The van der Waals surface area contributed by atoms with E-state index in [4.69, 9.17) is 17.3 Å². The molecule has 3 N–H and O–H groups in total. The third kappa shape index (κ3) is 4.90. The zero-order valence-corrected chi connectivity index (χ0v) is 13.5. The average Bonchev–Trinajstić information content (AvgIpc) is 2.39. The number of benzene rings is 1. The van der Waals surface area contributed by atoms with Crippen LogP contribution in [0.15, 0.2) is 18.2 Å². The van der Waals surface area contributed by atoms with E-state index in [9.17, 15) is 4.79 Å². The third-order valence-corrected chi connectivity index (χ3v) is 4.21. The molecule has 0 unspecified atom stereocenters. The van der Waals surface area contributed by atoms with Gasteiger partial charge >= 0.3 is 0 Å². The first kappa shape index (κ1) is 16.1. The number of rotatable bonds is 4. The number of nitrogen functional groups attached to an aromatic ring is 1. The summed E-state index contributed by atoms with van der Waals surface area (Å²) in [5.41, 5.74) is 7.20. The average molecular weight is 310 g/mol. The summed E-state index contributed by atoms with van der Waals surface area (Å²) in [7, 11) is 0. The van der Waals surface area contributed by atoms with Crippen LogP contribution >= 0.6 is 11.6 Å². The van der Waals surface area contributed by atoms with E-state index >= 15 is 0 Å². The molecule has 2 rings (SSSR count). The molecule has 0 aromatic heterocycles. The first-order valence-corrected chi connectivity index (χ1v) is 7.81. The van der Waals surface area contributed by atoms with Crippen LogP contribution < -0.4 is 11.1 Å². The summed E-state index contributed by atoms with van der Waals surface area (Å²) in [6.07, 6.45) is 2.95. The fraction of sp³-hybridized carbons (Fsp3) is 0.562. The second-order valence-corrected chi connectivity index (χ2v) is 6.99. The van der Waals surface area contributed by atoms with E-state index in [0.717, 1.165) is 19.6 Å². The number of piperidine rings is 1. The highest BCUT2D eigenvalue weighted by Crippen LogP contribution is 2.28. The molecule has 1 fully saturated rings. The number of carbonyl (C=O) groups excluding carboxylic acids is 1. The van der Waals surface area contributed by atoms with Crippen LogP contribution in [0.2, 0.25) is 5.02 Å². The first-order valence-electron chi connectivity index (χ1n) is 7.43. The van der Waals surface area contributed by atoms with Crippen LogP contribution in [-0.4, -0.2) is 30.4 Å². The van der Waals surface area contributed by atoms with Gasteiger partial charge in [0.2, 0.25) is 5.91 Å². The van der Waals surface area contributed by atoms with Crippen LogP contribution in [0.5, 0.6) is 0 Å². The quantitative estimate of drug-likeness (QED) is 0.838. The fourth-order valence-corrected chi connectivity index (χ4v) is 3.08. The minimum Gasteiger partial charge on any atom is -0.399 e. The molecule has 0 spiro atoms. The molecular weight excluding hydrogens is 286 g/mol. The standard InChI is InChI=1S/C16H24ClN3O/c1-16(2)7-3-8-20(11-16)9-6-15(21)19-14-5-4-12(18)10-13(14)17/h4-5,10H,3,6-9,11,18H2,1-2H3,(H,19,21). The highest BCUT2D eigenvalue weighted by atomic mass is 35.5. The predicted octanol–water partition coefficient (Wildman–Crippen LogP) is 3.37. The van der Waals surface area contributed by atoms with Crippen LogP contribution in [0.1, 0.15) is 33.1 Å². The van der Waals surface area contributed by atoms with Gasteiger partial charge in [0, 0.05) is 25.2 Å². The molecule has 0 bridgehead atoms. The summed E-state index contributed by atoms with van der Waals surface area (Å²) >= 11 is 6.05. The lowest BCUT2D eigenvalue weighted by Crippen LogP contribution is -2.41. The van der Waals surface area contributed by atoms with Gasteiger partial charge in [-0.1, -0.05) is 25.4 Å². The number of halogens is 1. The lowest BCUT2D eigenvalue weighted by Gasteiger charge is -2.37. The smallest absolute Gasteiger partial charge is 0.225 e. The van der Waals surface area contributed by atoms with E-state index in [0.29, 0.717) is 28.2 Å². The normalized spacial score (nSPS) is 18.4. The number of carbonyl (C=O) groups is 1. The number of nitrogens with one attached hydrogen (secondary N) is 1. The second-order valence-electron chi connectivity index (χ2n) is 6.58. The molecule has 0 aliphatic carbocycles. The Morgan fingerprint density at radius 3 is 2.90 bits per heavy atom. The molecule has 4 nitrogen and oxygen atoms in total. The molecule has 1 aliphatic heterocycles. The Bertz CT molecular complexity index is 516. The minimum absolute atomic E-state index is 0.00921. The summed E-state index contributed by atoms with van der Waals surface area (Å²) in [5.74, 6) is -0.00921. The second kappa shape index (κ2) is 6.67. The molecule has 116 valence electrons.